The summed E-state index contributed by atoms with van der Waals surface area (Å²) in [5.74, 6) is -0.188. The van der Waals surface area contributed by atoms with Crippen LogP contribution in [0.25, 0.3) is 0 Å². The third-order valence-electron chi connectivity index (χ3n) is 15.8. The smallest absolute Gasteiger partial charge is 0.220 e. The number of carbonyl (C=O) groups excluding carboxylic acids is 1. The van der Waals surface area contributed by atoms with Gasteiger partial charge in [0.15, 0.2) is 6.29 Å². The largest absolute Gasteiger partial charge is 0.394 e. The number of aliphatic hydroxyl groups is 5. The van der Waals surface area contributed by atoms with Crippen molar-refractivity contribution in [2.75, 3.05) is 13.2 Å². The number of rotatable bonds is 59. The predicted octanol–water partition coefficient (Wildman–Crippen LogP) is 19.0. The highest BCUT2D eigenvalue weighted by Crippen LogP contribution is 2.23. The number of unbranched alkanes of at least 4 members (excludes halogenated alkanes) is 31. The van der Waals surface area contributed by atoms with Gasteiger partial charge in [-0.15, -0.1) is 0 Å². The minimum atomic E-state index is -1.58. The molecule has 6 N–H and O–H groups in total. The van der Waals surface area contributed by atoms with E-state index in [1.54, 1.807) is 6.08 Å². The van der Waals surface area contributed by atoms with Gasteiger partial charge in [0.05, 0.1) is 25.4 Å². The molecule has 0 aromatic carbocycles. The minimum Gasteiger partial charge on any atom is -0.394 e. The van der Waals surface area contributed by atoms with Crippen LogP contribution >= 0.6 is 0 Å². The Morgan fingerprint density at radius 3 is 1.14 bits per heavy atom. The summed E-state index contributed by atoms with van der Waals surface area (Å²) in [6, 6.07) is -0.828. The van der Waals surface area contributed by atoms with Gasteiger partial charge >= 0.3 is 0 Å². The lowest BCUT2D eigenvalue weighted by atomic mass is 9.99. The Balaban J connectivity index is 2.12. The molecular formula is C75H129NO8. The summed E-state index contributed by atoms with van der Waals surface area (Å²) in [7, 11) is 0. The normalized spacial score (nSPS) is 19.0. The van der Waals surface area contributed by atoms with Crippen LogP contribution in [0.4, 0.5) is 0 Å². The van der Waals surface area contributed by atoms with Crippen LogP contribution < -0.4 is 5.32 Å². The zero-order valence-corrected chi connectivity index (χ0v) is 53.9. The Kier molecular flexibility index (Phi) is 58.6. The monoisotopic (exact) mass is 1170 g/mol. The van der Waals surface area contributed by atoms with E-state index in [-0.39, 0.29) is 12.5 Å². The van der Waals surface area contributed by atoms with Gasteiger partial charge in [0.1, 0.15) is 24.4 Å². The van der Waals surface area contributed by atoms with Gasteiger partial charge in [-0.25, -0.2) is 0 Å². The summed E-state index contributed by atoms with van der Waals surface area (Å²) in [6.45, 7) is 3.67. The third kappa shape index (κ3) is 50.7. The van der Waals surface area contributed by atoms with E-state index < -0.39 is 49.5 Å². The van der Waals surface area contributed by atoms with Crippen molar-refractivity contribution in [3.8, 4) is 0 Å². The summed E-state index contributed by atoms with van der Waals surface area (Å²) in [5.41, 5.74) is 0. The minimum absolute atomic E-state index is 0.188. The lowest BCUT2D eigenvalue weighted by molar-refractivity contribution is -0.302. The van der Waals surface area contributed by atoms with Crippen molar-refractivity contribution in [3.05, 3.63) is 122 Å². The van der Waals surface area contributed by atoms with E-state index in [9.17, 15) is 30.3 Å². The molecule has 1 saturated heterocycles. The van der Waals surface area contributed by atoms with Gasteiger partial charge in [0, 0.05) is 6.42 Å². The molecule has 7 atom stereocenters. The zero-order chi connectivity index (χ0) is 60.7. The van der Waals surface area contributed by atoms with Gasteiger partial charge in [-0.2, -0.15) is 0 Å². The Morgan fingerprint density at radius 2 is 0.750 bits per heavy atom. The highest BCUT2D eigenvalue weighted by molar-refractivity contribution is 5.76. The van der Waals surface area contributed by atoms with E-state index in [1.165, 1.54) is 180 Å². The molecular weight excluding hydrogens is 1040 g/mol. The van der Waals surface area contributed by atoms with Gasteiger partial charge in [-0.05, 0) is 96.3 Å². The molecule has 1 aliphatic heterocycles. The molecule has 0 radical (unpaired) electrons. The molecule has 0 aliphatic carbocycles. The number of hydrogen-bond acceptors (Lipinski definition) is 8. The first-order valence-corrected chi connectivity index (χ1v) is 34.8. The molecule has 0 bridgehead atoms. The molecule has 0 aromatic rings. The van der Waals surface area contributed by atoms with E-state index in [1.807, 2.05) is 6.08 Å². The van der Waals surface area contributed by atoms with Crippen LogP contribution in [-0.4, -0.2) is 87.5 Å². The fourth-order valence-electron chi connectivity index (χ4n) is 10.4. The van der Waals surface area contributed by atoms with Crippen LogP contribution in [0.1, 0.15) is 290 Å². The Bertz CT molecular complexity index is 1740. The lowest BCUT2D eigenvalue weighted by Gasteiger charge is -2.40. The van der Waals surface area contributed by atoms with E-state index in [0.29, 0.717) is 6.42 Å². The van der Waals surface area contributed by atoms with Crippen molar-refractivity contribution in [1.82, 2.24) is 5.32 Å². The SMILES string of the molecule is CC/C=C\C/C=C\C/C=C\C/C=C\C/C=C\C/C=C\C/C=C\C/C=C\CCCCCCCCCCCCCCCCCCC(=O)NC(COC1OC(CO)C(O)C(O)C1O)C(O)/C=C/CC/C=C/CCCCCCCCCCCCCCCC. The molecule has 9 nitrogen and oxygen atoms in total. The number of aliphatic hydroxyl groups excluding tert-OH is 5. The van der Waals surface area contributed by atoms with Crippen LogP contribution in [0.5, 0.6) is 0 Å². The Labute approximate surface area is 516 Å². The van der Waals surface area contributed by atoms with Crippen molar-refractivity contribution < 1.29 is 39.8 Å². The summed E-state index contributed by atoms with van der Waals surface area (Å²) >= 11 is 0. The lowest BCUT2D eigenvalue weighted by Crippen LogP contribution is -2.60. The standard InChI is InChI=1S/C75H129NO8/c1-3-5-7-9-11-13-15-17-19-21-23-25-26-27-28-29-30-31-32-33-34-35-36-37-38-39-40-41-42-43-44-45-47-49-51-53-55-57-59-61-63-65-71(79)76-68(67-83-75-74(82)73(81)72(80)70(66-77)84-75)69(78)64-62-60-58-56-54-52-50-48-46-24-22-20-18-16-14-12-10-8-6-4-2/h5,7,11,13,17,19,23,25,27-28,30-31,33-34,36-37,54,56,62,64,68-70,72-75,77-78,80-82H,3-4,6,8-10,12,14-16,18,20-22,24,26,29,32,35,38-53,55,57-61,63,65-67H2,1-2H3,(H,76,79)/b7-5-,13-11-,19-17-,25-23-,28-27-,31-30-,34-33-,37-36-,56-54+,64-62+. The van der Waals surface area contributed by atoms with Gasteiger partial charge in [-0.3, -0.25) is 4.79 Å². The average molecular weight is 1170 g/mol. The number of carbonyl (C=O) groups is 1. The number of ether oxygens (including phenoxy) is 2. The molecule has 0 spiro atoms. The molecule has 1 fully saturated rings. The highest BCUT2D eigenvalue weighted by Gasteiger charge is 2.44. The molecule has 1 rings (SSSR count). The Morgan fingerprint density at radius 1 is 0.417 bits per heavy atom. The van der Waals surface area contributed by atoms with Gasteiger partial charge in [-0.1, -0.05) is 309 Å². The maximum atomic E-state index is 13.1. The first kappa shape index (κ1) is 78.6. The topological polar surface area (TPSA) is 149 Å². The van der Waals surface area contributed by atoms with Crippen LogP contribution in [0, 0.1) is 0 Å². The van der Waals surface area contributed by atoms with Crippen LogP contribution in [0.3, 0.4) is 0 Å². The molecule has 1 aliphatic rings. The molecule has 84 heavy (non-hydrogen) atoms. The van der Waals surface area contributed by atoms with Crippen molar-refractivity contribution in [2.45, 2.75) is 333 Å². The molecule has 9 heteroatoms. The molecule has 7 unspecified atom stereocenters. The van der Waals surface area contributed by atoms with E-state index in [4.69, 9.17) is 9.47 Å². The summed E-state index contributed by atoms with van der Waals surface area (Å²) in [5, 5.41) is 54.7. The quantitative estimate of drug-likeness (QED) is 0.0261. The number of nitrogens with one attached hydrogen (secondary N) is 1. The van der Waals surface area contributed by atoms with Crippen LogP contribution in [-0.2, 0) is 14.3 Å². The zero-order valence-electron chi connectivity index (χ0n) is 53.9. The number of hydrogen-bond donors (Lipinski definition) is 6. The molecule has 0 aromatic heterocycles. The van der Waals surface area contributed by atoms with Crippen molar-refractivity contribution in [3.63, 3.8) is 0 Å². The summed E-state index contributed by atoms with van der Waals surface area (Å²) < 4.78 is 11.3. The summed E-state index contributed by atoms with van der Waals surface area (Å²) in [4.78, 5) is 13.1. The maximum Gasteiger partial charge on any atom is 0.220 e. The molecule has 1 amide bonds. The van der Waals surface area contributed by atoms with Crippen molar-refractivity contribution in [1.29, 1.82) is 0 Å². The molecule has 0 saturated carbocycles. The van der Waals surface area contributed by atoms with Crippen LogP contribution in [0.2, 0.25) is 0 Å². The van der Waals surface area contributed by atoms with Gasteiger partial charge in [0.2, 0.25) is 5.91 Å². The first-order chi connectivity index (χ1) is 41.3. The highest BCUT2D eigenvalue weighted by atomic mass is 16.7. The predicted molar refractivity (Wildman–Crippen MR) is 359 cm³/mol. The van der Waals surface area contributed by atoms with E-state index in [2.05, 4.69) is 129 Å². The van der Waals surface area contributed by atoms with Crippen LogP contribution in [0.15, 0.2) is 122 Å². The second kappa shape index (κ2) is 62.6. The molecule has 482 valence electrons. The third-order valence-corrected chi connectivity index (χ3v) is 15.8. The number of allylic oxidation sites excluding steroid dienone is 19. The average Bonchev–Trinajstić information content (AvgIpc) is 3.70. The van der Waals surface area contributed by atoms with E-state index >= 15 is 0 Å². The van der Waals surface area contributed by atoms with E-state index in [0.717, 1.165) is 89.9 Å². The van der Waals surface area contributed by atoms with Crippen molar-refractivity contribution >= 4 is 5.91 Å². The Hall–Kier alpha value is -3.41. The molecule has 1 heterocycles. The fourth-order valence-corrected chi connectivity index (χ4v) is 10.4. The second-order valence-electron chi connectivity index (χ2n) is 23.6. The van der Waals surface area contributed by atoms with Gasteiger partial charge in [0.25, 0.3) is 0 Å². The second-order valence-corrected chi connectivity index (χ2v) is 23.6. The summed E-state index contributed by atoms with van der Waals surface area (Å²) in [6.07, 6.45) is 87.3. The van der Waals surface area contributed by atoms with Gasteiger partial charge < -0.3 is 40.3 Å². The maximum absolute atomic E-state index is 13.1. The number of amides is 1. The first-order valence-electron chi connectivity index (χ1n) is 34.8. The fraction of sp³-hybridized carbons (Fsp3) is 0.720. The van der Waals surface area contributed by atoms with Crippen molar-refractivity contribution in [2.24, 2.45) is 0 Å².